The van der Waals surface area contributed by atoms with Crippen molar-refractivity contribution in [3.63, 3.8) is 0 Å². The summed E-state index contributed by atoms with van der Waals surface area (Å²) >= 11 is 0. The molecular weight excluding hydrogens is 266 g/mol. The minimum absolute atomic E-state index is 0.0229. The maximum Gasteiger partial charge on any atom is 0.222 e. The summed E-state index contributed by atoms with van der Waals surface area (Å²) in [7, 11) is 1.70. The van der Waals surface area contributed by atoms with Crippen LogP contribution in [0.15, 0.2) is 24.5 Å². The van der Waals surface area contributed by atoms with E-state index in [0.717, 1.165) is 24.0 Å². The molecule has 0 saturated carbocycles. The minimum Gasteiger partial charge on any atom is -0.383 e. The number of methoxy groups -OCH3 is 1. The third-order valence-corrected chi connectivity index (χ3v) is 3.47. The number of nitrogens with one attached hydrogen (secondary N) is 1. The molecule has 0 aliphatic rings. The number of pyridine rings is 1. The van der Waals surface area contributed by atoms with E-state index < -0.39 is 0 Å². The molecule has 0 atom stereocenters. The molecule has 1 N–H and O–H groups in total. The van der Waals surface area contributed by atoms with Gasteiger partial charge in [-0.1, -0.05) is 13.8 Å². The molecule has 2 aromatic heterocycles. The van der Waals surface area contributed by atoms with Crippen molar-refractivity contribution in [3.8, 4) is 0 Å². The maximum atomic E-state index is 11.6. The van der Waals surface area contributed by atoms with Gasteiger partial charge in [-0.2, -0.15) is 0 Å². The standard InChI is InChI=1S/C16H23N3O2/c1-12(2)16(20)18-8-6-13-11-19(9-10-21-3)15-14(13)5-4-7-17-15/h4-5,7,11-12H,6,8-10H2,1-3H3,(H,18,20). The summed E-state index contributed by atoms with van der Waals surface area (Å²) in [4.78, 5) is 16.0. The Bertz CT molecular complexity index is 605. The lowest BCUT2D eigenvalue weighted by Gasteiger charge is -2.06. The van der Waals surface area contributed by atoms with Crippen molar-refractivity contribution in [1.29, 1.82) is 0 Å². The third-order valence-electron chi connectivity index (χ3n) is 3.47. The Morgan fingerprint density at radius 1 is 1.48 bits per heavy atom. The smallest absolute Gasteiger partial charge is 0.222 e. The number of carbonyl (C=O) groups is 1. The number of ether oxygens (including phenoxy) is 1. The summed E-state index contributed by atoms with van der Waals surface area (Å²) in [6.07, 6.45) is 4.72. The van der Waals surface area contributed by atoms with E-state index in [-0.39, 0.29) is 11.8 Å². The average molecular weight is 289 g/mol. The van der Waals surface area contributed by atoms with E-state index in [1.165, 1.54) is 5.56 Å². The van der Waals surface area contributed by atoms with Crippen LogP contribution in [0.25, 0.3) is 11.0 Å². The highest BCUT2D eigenvalue weighted by Crippen LogP contribution is 2.19. The van der Waals surface area contributed by atoms with E-state index in [9.17, 15) is 4.79 Å². The number of amides is 1. The van der Waals surface area contributed by atoms with Gasteiger partial charge in [-0.3, -0.25) is 4.79 Å². The fourth-order valence-corrected chi connectivity index (χ4v) is 2.28. The summed E-state index contributed by atoms with van der Waals surface area (Å²) in [5.41, 5.74) is 2.18. The summed E-state index contributed by atoms with van der Waals surface area (Å²) in [5.74, 6) is 0.117. The lowest BCUT2D eigenvalue weighted by molar-refractivity contribution is -0.123. The van der Waals surface area contributed by atoms with Gasteiger partial charge in [0.2, 0.25) is 5.91 Å². The van der Waals surface area contributed by atoms with Crippen LogP contribution in [0.3, 0.4) is 0 Å². The molecule has 1 amide bonds. The van der Waals surface area contributed by atoms with E-state index in [1.54, 1.807) is 13.3 Å². The number of rotatable bonds is 7. The third kappa shape index (κ3) is 3.82. The summed E-state index contributed by atoms with van der Waals surface area (Å²) < 4.78 is 7.25. The zero-order valence-corrected chi connectivity index (χ0v) is 12.9. The highest BCUT2D eigenvalue weighted by molar-refractivity contribution is 5.81. The lowest BCUT2D eigenvalue weighted by atomic mass is 10.1. The molecule has 0 aliphatic heterocycles. The molecular formula is C16H23N3O2. The average Bonchev–Trinajstić information content (AvgIpc) is 2.83. The Labute approximate surface area is 125 Å². The predicted molar refractivity (Wildman–Crippen MR) is 83.2 cm³/mol. The zero-order chi connectivity index (χ0) is 15.2. The van der Waals surface area contributed by atoms with E-state index in [4.69, 9.17) is 4.74 Å². The highest BCUT2D eigenvalue weighted by Gasteiger charge is 2.10. The first-order chi connectivity index (χ1) is 10.1. The van der Waals surface area contributed by atoms with E-state index >= 15 is 0 Å². The molecule has 0 radical (unpaired) electrons. The van der Waals surface area contributed by atoms with Crippen LogP contribution in [-0.4, -0.2) is 35.7 Å². The fourth-order valence-electron chi connectivity index (χ4n) is 2.28. The molecule has 2 aromatic rings. The van der Waals surface area contributed by atoms with Crippen LogP contribution in [0.2, 0.25) is 0 Å². The van der Waals surface area contributed by atoms with E-state index in [1.807, 2.05) is 19.9 Å². The van der Waals surface area contributed by atoms with E-state index in [2.05, 4.69) is 27.1 Å². The van der Waals surface area contributed by atoms with Crippen LogP contribution < -0.4 is 5.32 Å². The monoisotopic (exact) mass is 289 g/mol. The molecule has 0 unspecified atom stereocenters. The second kappa shape index (κ2) is 7.22. The van der Waals surface area contributed by atoms with Gasteiger partial charge in [0.05, 0.1) is 6.61 Å². The van der Waals surface area contributed by atoms with Crippen LogP contribution in [0, 0.1) is 5.92 Å². The zero-order valence-electron chi connectivity index (χ0n) is 12.9. The van der Waals surface area contributed by atoms with Crippen molar-refractivity contribution in [2.24, 2.45) is 5.92 Å². The van der Waals surface area contributed by atoms with Gasteiger partial charge in [0.15, 0.2) is 0 Å². The van der Waals surface area contributed by atoms with Gasteiger partial charge in [-0.25, -0.2) is 4.98 Å². The first-order valence-electron chi connectivity index (χ1n) is 7.33. The second-order valence-corrected chi connectivity index (χ2v) is 5.41. The fraction of sp³-hybridized carbons (Fsp3) is 0.500. The molecule has 5 nitrogen and oxygen atoms in total. The van der Waals surface area contributed by atoms with Gasteiger partial charge < -0.3 is 14.6 Å². The van der Waals surface area contributed by atoms with Gasteiger partial charge in [0.25, 0.3) is 0 Å². The van der Waals surface area contributed by atoms with Crippen LogP contribution in [0.5, 0.6) is 0 Å². The molecule has 2 heterocycles. The normalized spacial score (nSPS) is 11.2. The molecule has 0 bridgehead atoms. The summed E-state index contributed by atoms with van der Waals surface area (Å²) in [5, 5.41) is 4.10. The van der Waals surface area contributed by atoms with Crippen molar-refractivity contribution < 1.29 is 9.53 Å². The van der Waals surface area contributed by atoms with Crippen molar-refractivity contribution in [2.75, 3.05) is 20.3 Å². The SMILES string of the molecule is COCCn1cc(CCNC(=O)C(C)C)c2cccnc21. The number of carbonyl (C=O) groups excluding carboxylic acids is 1. The van der Waals surface area contributed by atoms with Crippen molar-refractivity contribution in [2.45, 2.75) is 26.8 Å². The van der Waals surface area contributed by atoms with Crippen LogP contribution >= 0.6 is 0 Å². The molecule has 0 spiro atoms. The molecule has 21 heavy (non-hydrogen) atoms. The molecule has 0 aliphatic carbocycles. The Morgan fingerprint density at radius 3 is 3.00 bits per heavy atom. The maximum absolute atomic E-state index is 11.6. The first kappa shape index (κ1) is 15.5. The molecule has 2 rings (SSSR count). The van der Waals surface area contributed by atoms with E-state index in [0.29, 0.717) is 13.2 Å². The van der Waals surface area contributed by atoms with Crippen LogP contribution in [-0.2, 0) is 22.5 Å². The van der Waals surface area contributed by atoms with Crippen molar-refractivity contribution in [3.05, 3.63) is 30.1 Å². The summed E-state index contributed by atoms with van der Waals surface area (Å²) in [6.45, 7) is 5.88. The molecule has 114 valence electrons. The number of nitrogens with zero attached hydrogens (tertiary/aromatic N) is 2. The van der Waals surface area contributed by atoms with Gasteiger partial charge >= 0.3 is 0 Å². The Morgan fingerprint density at radius 2 is 2.29 bits per heavy atom. The van der Waals surface area contributed by atoms with Gasteiger partial charge in [0, 0.05) is 43.9 Å². The number of hydrogen-bond acceptors (Lipinski definition) is 3. The molecule has 0 fully saturated rings. The van der Waals surface area contributed by atoms with Crippen LogP contribution in [0.1, 0.15) is 19.4 Å². The van der Waals surface area contributed by atoms with Crippen LogP contribution in [0.4, 0.5) is 0 Å². The predicted octanol–water partition coefficient (Wildman–Crippen LogP) is 2.00. The Kier molecular flexibility index (Phi) is 5.33. The quantitative estimate of drug-likeness (QED) is 0.848. The number of fused-ring (bicyclic) bond motifs is 1. The highest BCUT2D eigenvalue weighted by atomic mass is 16.5. The number of aromatic nitrogens is 2. The van der Waals surface area contributed by atoms with Crippen molar-refractivity contribution in [1.82, 2.24) is 14.9 Å². The Balaban J connectivity index is 2.10. The molecule has 0 aromatic carbocycles. The van der Waals surface area contributed by atoms with Gasteiger partial charge in [-0.15, -0.1) is 0 Å². The van der Waals surface area contributed by atoms with Gasteiger partial charge in [0.1, 0.15) is 5.65 Å². The molecule has 5 heteroatoms. The lowest BCUT2D eigenvalue weighted by Crippen LogP contribution is -2.29. The summed E-state index contributed by atoms with van der Waals surface area (Å²) in [6, 6.07) is 4.02. The topological polar surface area (TPSA) is 56.1 Å². The van der Waals surface area contributed by atoms with Gasteiger partial charge in [-0.05, 0) is 24.1 Å². The second-order valence-electron chi connectivity index (χ2n) is 5.41. The first-order valence-corrected chi connectivity index (χ1v) is 7.33. The number of hydrogen-bond donors (Lipinski definition) is 1. The minimum atomic E-state index is 0.0229. The van der Waals surface area contributed by atoms with Crippen molar-refractivity contribution >= 4 is 16.9 Å². The Hall–Kier alpha value is -1.88. The molecule has 0 saturated heterocycles. The largest absolute Gasteiger partial charge is 0.383 e.